The summed E-state index contributed by atoms with van der Waals surface area (Å²) in [5, 5.41) is 18.8. The molecule has 0 radical (unpaired) electrons. The van der Waals surface area contributed by atoms with Gasteiger partial charge < -0.3 is 5.11 Å². The number of hydrogen-bond donors (Lipinski definition) is 1. The monoisotopic (exact) mass is 413 g/mol. The number of carboxylic acids is 1. The zero-order chi connectivity index (χ0) is 19.8. The van der Waals surface area contributed by atoms with Crippen LogP contribution in [0, 0.1) is 11.3 Å². The molecule has 0 unspecified atom stereocenters. The Hall–Kier alpha value is -2.70. The van der Waals surface area contributed by atoms with Gasteiger partial charge in [-0.2, -0.15) is 5.26 Å². The number of amides is 2. The first-order valence-electron chi connectivity index (χ1n) is 8.77. The van der Waals surface area contributed by atoms with Crippen molar-refractivity contribution in [3.8, 4) is 6.07 Å². The van der Waals surface area contributed by atoms with Crippen LogP contribution in [-0.4, -0.2) is 33.1 Å². The molecule has 9 heteroatoms. The van der Waals surface area contributed by atoms with Gasteiger partial charge in [0, 0.05) is 17.5 Å². The van der Waals surface area contributed by atoms with Crippen molar-refractivity contribution in [1.29, 1.82) is 5.26 Å². The van der Waals surface area contributed by atoms with Crippen LogP contribution in [-0.2, 0) is 22.4 Å². The van der Waals surface area contributed by atoms with Crippen LogP contribution in [0.5, 0.6) is 0 Å². The van der Waals surface area contributed by atoms with Crippen molar-refractivity contribution in [2.75, 3.05) is 4.90 Å². The minimum Gasteiger partial charge on any atom is -0.478 e. The molecule has 0 spiro atoms. The minimum atomic E-state index is -1.14. The summed E-state index contributed by atoms with van der Waals surface area (Å²) in [4.78, 5) is 43.2. The molecule has 1 N–H and O–H groups in total. The number of thiophene rings is 1. The normalized spacial score (nSPS) is 18.8. The molecule has 28 heavy (non-hydrogen) atoms. The van der Waals surface area contributed by atoms with Gasteiger partial charge in [-0.25, -0.2) is 14.7 Å². The fourth-order valence-electron chi connectivity index (χ4n) is 3.52. The molecule has 1 saturated heterocycles. The van der Waals surface area contributed by atoms with Gasteiger partial charge in [-0.1, -0.05) is 11.8 Å². The van der Waals surface area contributed by atoms with Gasteiger partial charge in [0.25, 0.3) is 0 Å². The van der Waals surface area contributed by atoms with Crippen LogP contribution in [0.2, 0.25) is 0 Å². The highest BCUT2D eigenvalue weighted by Gasteiger charge is 2.43. The Morgan fingerprint density at radius 1 is 1.36 bits per heavy atom. The number of carboxylic acid groups (broad SMARTS) is 1. The maximum absolute atomic E-state index is 13.0. The molecular formula is C19H15N3O4S2. The lowest BCUT2D eigenvalue weighted by atomic mass is 9.96. The molecule has 142 valence electrons. The summed E-state index contributed by atoms with van der Waals surface area (Å²) >= 11 is 2.33. The summed E-state index contributed by atoms with van der Waals surface area (Å²) < 4.78 is 0. The number of aromatic nitrogens is 1. The fourth-order valence-corrected chi connectivity index (χ4v) is 5.98. The number of aromatic carboxylic acids is 1. The van der Waals surface area contributed by atoms with E-state index in [1.807, 2.05) is 0 Å². The Morgan fingerprint density at radius 3 is 2.89 bits per heavy atom. The van der Waals surface area contributed by atoms with Crippen LogP contribution < -0.4 is 4.90 Å². The molecule has 2 aromatic heterocycles. The topological polar surface area (TPSA) is 111 Å². The second-order valence-corrected chi connectivity index (χ2v) is 8.82. The summed E-state index contributed by atoms with van der Waals surface area (Å²) in [7, 11) is 0. The molecule has 1 aliphatic carbocycles. The van der Waals surface area contributed by atoms with Crippen LogP contribution in [0.15, 0.2) is 23.4 Å². The molecule has 0 bridgehead atoms. The first-order chi connectivity index (χ1) is 13.5. The molecule has 1 atom stereocenters. The quantitative estimate of drug-likeness (QED) is 0.767. The van der Waals surface area contributed by atoms with Gasteiger partial charge >= 0.3 is 5.97 Å². The first-order valence-corrected chi connectivity index (χ1v) is 10.5. The molecule has 7 nitrogen and oxygen atoms in total. The number of carbonyl (C=O) groups is 3. The number of fused-ring (bicyclic) bond motifs is 1. The Bertz CT molecular complexity index is 1040. The van der Waals surface area contributed by atoms with Gasteiger partial charge in [0.2, 0.25) is 11.8 Å². The predicted molar refractivity (Wildman–Crippen MR) is 104 cm³/mol. The maximum Gasteiger partial charge on any atom is 0.338 e. The van der Waals surface area contributed by atoms with E-state index in [1.54, 1.807) is 0 Å². The SMILES string of the molecule is N#Cc1c(N2C(=O)C[C@H](Sc3ncccc3C(=O)O)C2=O)sc2c1CCCC2. The Kier molecular flexibility index (Phi) is 4.91. The van der Waals surface area contributed by atoms with E-state index in [9.17, 15) is 24.8 Å². The molecule has 2 aliphatic rings. The van der Waals surface area contributed by atoms with Crippen LogP contribution in [0.1, 0.15) is 45.6 Å². The number of aryl methyl sites for hydroxylation is 1. The summed E-state index contributed by atoms with van der Waals surface area (Å²) in [5.41, 5.74) is 1.38. The number of imide groups is 1. The third-order valence-electron chi connectivity index (χ3n) is 4.83. The van der Waals surface area contributed by atoms with Crippen LogP contribution in [0.4, 0.5) is 5.00 Å². The largest absolute Gasteiger partial charge is 0.478 e. The number of thioether (sulfide) groups is 1. The molecule has 1 fully saturated rings. The average molecular weight is 413 g/mol. The fraction of sp³-hybridized carbons (Fsp3) is 0.316. The number of carbonyl (C=O) groups excluding carboxylic acids is 2. The highest BCUT2D eigenvalue weighted by atomic mass is 32.2. The highest BCUT2D eigenvalue weighted by molar-refractivity contribution is 8.00. The van der Waals surface area contributed by atoms with E-state index in [0.29, 0.717) is 10.6 Å². The number of pyridine rings is 1. The number of nitrogens with zero attached hydrogens (tertiary/aromatic N) is 3. The first kappa shape index (κ1) is 18.7. The number of hydrogen-bond acceptors (Lipinski definition) is 7. The van der Waals surface area contributed by atoms with Crippen molar-refractivity contribution in [3.05, 3.63) is 39.9 Å². The Balaban J connectivity index is 1.65. The lowest BCUT2D eigenvalue weighted by Gasteiger charge is -2.14. The van der Waals surface area contributed by atoms with Gasteiger partial charge in [0.05, 0.1) is 16.4 Å². The summed E-state index contributed by atoms with van der Waals surface area (Å²) in [6.45, 7) is 0. The van der Waals surface area contributed by atoms with Crippen molar-refractivity contribution in [3.63, 3.8) is 0 Å². The van der Waals surface area contributed by atoms with Crippen molar-refractivity contribution in [2.45, 2.75) is 42.4 Å². The van der Waals surface area contributed by atoms with Crippen LogP contribution in [0.3, 0.4) is 0 Å². The van der Waals surface area contributed by atoms with Gasteiger partial charge in [0.1, 0.15) is 16.1 Å². The average Bonchev–Trinajstić information content (AvgIpc) is 3.18. The standard InChI is InChI=1S/C19H15N3O4S2/c20-9-12-10-4-1-2-6-13(10)28-18(12)22-15(23)8-14(17(22)24)27-16-11(19(25)26)5-3-7-21-16/h3,5,7,14H,1-2,4,6,8H2,(H,25,26)/t14-/m0/s1. The van der Waals surface area contributed by atoms with E-state index < -0.39 is 17.1 Å². The zero-order valence-electron chi connectivity index (χ0n) is 14.7. The molecule has 0 aromatic carbocycles. The van der Waals surface area contributed by atoms with Crippen molar-refractivity contribution in [2.24, 2.45) is 0 Å². The van der Waals surface area contributed by atoms with E-state index in [1.165, 1.54) is 29.7 Å². The Labute approximate surface area is 169 Å². The second-order valence-electron chi connectivity index (χ2n) is 6.54. The third-order valence-corrected chi connectivity index (χ3v) is 7.31. The predicted octanol–water partition coefficient (Wildman–Crippen LogP) is 3.02. The molecule has 2 aromatic rings. The van der Waals surface area contributed by atoms with E-state index in [-0.39, 0.29) is 22.9 Å². The summed E-state index contributed by atoms with van der Waals surface area (Å²) in [6.07, 6.45) is 5.09. The smallest absolute Gasteiger partial charge is 0.338 e. The number of nitriles is 1. The molecule has 0 saturated carbocycles. The number of anilines is 1. The van der Waals surface area contributed by atoms with E-state index in [0.717, 1.165) is 52.8 Å². The Morgan fingerprint density at radius 2 is 2.14 bits per heavy atom. The van der Waals surface area contributed by atoms with Crippen LogP contribution in [0.25, 0.3) is 0 Å². The molecule has 1 aliphatic heterocycles. The highest BCUT2D eigenvalue weighted by Crippen LogP contribution is 2.43. The minimum absolute atomic E-state index is 0.00417. The summed E-state index contributed by atoms with van der Waals surface area (Å²) in [5.74, 6) is -1.93. The van der Waals surface area contributed by atoms with Crippen LogP contribution >= 0.6 is 23.1 Å². The van der Waals surface area contributed by atoms with Gasteiger partial charge in [0.15, 0.2) is 0 Å². The lowest BCUT2D eigenvalue weighted by molar-refractivity contribution is -0.121. The van der Waals surface area contributed by atoms with Gasteiger partial charge in [-0.05, 0) is 43.4 Å². The van der Waals surface area contributed by atoms with Crippen molar-refractivity contribution >= 4 is 45.9 Å². The van der Waals surface area contributed by atoms with Crippen molar-refractivity contribution in [1.82, 2.24) is 4.98 Å². The molecule has 2 amide bonds. The summed E-state index contributed by atoms with van der Waals surface area (Å²) in [6, 6.07) is 5.10. The zero-order valence-corrected chi connectivity index (χ0v) is 16.3. The second kappa shape index (κ2) is 7.37. The third kappa shape index (κ3) is 3.08. The van der Waals surface area contributed by atoms with E-state index in [2.05, 4.69) is 11.1 Å². The molecule has 3 heterocycles. The van der Waals surface area contributed by atoms with Gasteiger partial charge in [-0.15, -0.1) is 11.3 Å². The van der Waals surface area contributed by atoms with Crippen molar-refractivity contribution < 1.29 is 19.5 Å². The maximum atomic E-state index is 13.0. The lowest BCUT2D eigenvalue weighted by Crippen LogP contribution is -2.31. The van der Waals surface area contributed by atoms with Gasteiger partial charge in [-0.3, -0.25) is 9.59 Å². The van der Waals surface area contributed by atoms with E-state index in [4.69, 9.17) is 0 Å². The number of rotatable bonds is 4. The van der Waals surface area contributed by atoms with E-state index >= 15 is 0 Å². The molecule has 4 rings (SSSR count). The molecular weight excluding hydrogens is 398 g/mol.